The minimum Gasteiger partial charge on any atom is -0.481 e. The Bertz CT molecular complexity index is 907. The van der Waals surface area contributed by atoms with Crippen molar-refractivity contribution in [3.05, 3.63) is 35.9 Å². The van der Waals surface area contributed by atoms with Crippen molar-refractivity contribution in [3.63, 3.8) is 0 Å². The number of carbonyl (C=O) groups is 5. The third kappa shape index (κ3) is 10.4. The summed E-state index contributed by atoms with van der Waals surface area (Å²) in [7, 11) is 0. The third-order valence-corrected chi connectivity index (χ3v) is 5.81. The van der Waals surface area contributed by atoms with Crippen LogP contribution >= 0.6 is 0 Å². The maximum Gasteiger partial charge on any atom is 0.326 e. The van der Waals surface area contributed by atoms with Gasteiger partial charge in [-0.2, -0.15) is 0 Å². The Labute approximate surface area is 211 Å². The van der Waals surface area contributed by atoms with Crippen molar-refractivity contribution < 1.29 is 34.2 Å². The van der Waals surface area contributed by atoms with Crippen LogP contribution in [0.4, 0.5) is 0 Å². The van der Waals surface area contributed by atoms with Crippen LogP contribution in [0.15, 0.2) is 30.3 Å². The molecule has 1 rings (SSSR count). The minimum absolute atomic E-state index is 0.0650. The van der Waals surface area contributed by atoms with Gasteiger partial charge in [0.15, 0.2) is 0 Å². The van der Waals surface area contributed by atoms with E-state index in [1.54, 1.807) is 24.3 Å². The van der Waals surface area contributed by atoms with Gasteiger partial charge in [0.05, 0.1) is 12.5 Å². The Morgan fingerprint density at radius 2 is 1.36 bits per heavy atom. The number of carbonyl (C=O) groups excluding carboxylic acids is 3. The van der Waals surface area contributed by atoms with E-state index in [2.05, 4.69) is 16.0 Å². The number of hydrogen-bond donors (Lipinski definition) is 6. The molecule has 0 bridgehead atoms. The summed E-state index contributed by atoms with van der Waals surface area (Å²) in [5, 5.41) is 25.7. The van der Waals surface area contributed by atoms with Crippen molar-refractivity contribution in [3.8, 4) is 0 Å². The van der Waals surface area contributed by atoms with Gasteiger partial charge >= 0.3 is 11.9 Å². The maximum atomic E-state index is 13.3. The van der Waals surface area contributed by atoms with Crippen LogP contribution in [0, 0.1) is 11.8 Å². The Hall–Kier alpha value is -3.47. The highest BCUT2D eigenvalue weighted by Gasteiger charge is 2.32. The second-order valence-electron chi connectivity index (χ2n) is 9.35. The van der Waals surface area contributed by atoms with Gasteiger partial charge in [0.2, 0.25) is 17.7 Å². The molecule has 3 amide bonds. The molecule has 0 aliphatic heterocycles. The summed E-state index contributed by atoms with van der Waals surface area (Å²) in [6.45, 7) is 7.35. The van der Waals surface area contributed by atoms with Crippen LogP contribution in [-0.2, 0) is 30.4 Å². The van der Waals surface area contributed by atoms with E-state index in [4.69, 9.17) is 10.8 Å². The van der Waals surface area contributed by atoms with E-state index in [1.807, 2.05) is 33.8 Å². The fourth-order valence-corrected chi connectivity index (χ4v) is 3.46. The van der Waals surface area contributed by atoms with Crippen LogP contribution in [0.25, 0.3) is 0 Å². The fourth-order valence-electron chi connectivity index (χ4n) is 3.46. The SMILES string of the molecule is CCC(C)C(N)C(=O)NC(Cc1ccccc1)C(=O)NC(CC(C)C)C(=O)NC(CC(=O)O)C(=O)O. The Morgan fingerprint density at radius 3 is 1.86 bits per heavy atom. The average Bonchev–Trinajstić information content (AvgIpc) is 2.81. The van der Waals surface area contributed by atoms with Crippen LogP contribution in [0.5, 0.6) is 0 Å². The zero-order valence-corrected chi connectivity index (χ0v) is 21.2. The quantitative estimate of drug-likeness (QED) is 0.200. The van der Waals surface area contributed by atoms with Crippen LogP contribution in [0.1, 0.15) is 52.5 Å². The maximum absolute atomic E-state index is 13.3. The molecule has 0 radical (unpaired) electrons. The van der Waals surface area contributed by atoms with Crippen LogP contribution < -0.4 is 21.7 Å². The monoisotopic (exact) mass is 506 g/mol. The molecule has 7 N–H and O–H groups in total. The number of benzene rings is 1. The number of nitrogens with one attached hydrogen (secondary N) is 3. The van der Waals surface area contributed by atoms with E-state index < -0.39 is 60.2 Å². The van der Waals surface area contributed by atoms with Crippen LogP contribution in [0.3, 0.4) is 0 Å². The Kier molecular flexibility index (Phi) is 12.6. The molecule has 0 aliphatic rings. The van der Waals surface area contributed by atoms with E-state index in [0.717, 1.165) is 5.56 Å². The molecule has 0 saturated carbocycles. The van der Waals surface area contributed by atoms with E-state index in [9.17, 15) is 29.1 Å². The second kappa shape index (κ2) is 14.8. The minimum atomic E-state index is -1.66. The predicted octanol–water partition coefficient (Wildman–Crippen LogP) is 0.662. The number of amides is 3. The van der Waals surface area contributed by atoms with Gasteiger partial charge in [-0.25, -0.2) is 4.79 Å². The lowest BCUT2D eigenvalue weighted by atomic mass is 9.97. The van der Waals surface area contributed by atoms with Gasteiger partial charge in [-0.1, -0.05) is 64.4 Å². The standard InChI is InChI=1S/C25H38N4O7/c1-5-15(4)21(26)24(34)28-18(12-16-9-7-6-8-10-16)23(33)27-17(11-14(2)3)22(32)29-19(25(35)36)13-20(30)31/h6-10,14-15,17-19,21H,5,11-13,26H2,1-4H3,(H,27,33)(H,28,34)(H,29,32)(H,30,31)(H,35,36). The molecule has 11 nitrogen and oxygen atoms in total. The lowest BCUT2D eigenvalue weighted by Crippen LogP contribution is -2.58. The van der Waals surface area contributed by atoms with E-state index in [-0.39, 0.29) is 24.7 Å². The molecule has 1 aromatic carbocycles. The first-order valence-corrected chi connectivity index (χ1v) is 12.0. The molecular formula is C25H38N4O7. The zero-order chi connectivity index (χ0) is 27.4. The van der Waals surface area contributed by atoms with E-state index in [1.165, 1.54) is 0 Å². The average molecular weight is 507 g/mol. The highest BCUT2D eigenvalue weighted by atomic mass is 16.4. The molecule has 0 fully saturated rings. The van der Waals surface area contributed by atoms with E-state index >= 15 is 0 Å². The van der Waals surface area contributed by atoms with Crippen molar-refractivity contribution in [2.75, 3.05) is 0 Å². The smallest absolute Gasteiger partial charge is 0.326 e. The molecule has 36 heavy (non-hydrogen) atoms. The first kappa shape index (κ1) is 30.6. The van der Waals surface area contributed by atoms with E-state index in [0.29, 0.717) is 6.42 Å². The summed E-state index contributed by atoms with van der Waals surface area (Å²) in [6.07, 6.45) is 0.152. The Balaban J connectivity index is 3.13. The van der Waals surface area contributed by atoms with Gasteiger partial charge in [0, 0.05) is 6.42 Å². The largest absolute Gasteiger partial charge is 0.481 e. The number of nitrogens with two attached hydrogens (primary N) is 1. The summed E-state index contributed by atoms with van der Waals surface area (Å²) in [6, 6.07) is 4.30. The number of rotatable bonds is 15. The number of aliphatic carboxylic acids is 2. The molecule has 0 spiro atoms. The molecule has 5 atom stereocenters. The summed E-state index contributed by atoms with van der Waals surface area (Å²) in [5.74, 6) is -5.06. The normalized spacial score (nSPS) is 15.2. The molecule has 5 unspecified atom stereocenters. The summed E-state index contributed by atoms with van der Waals surface area (Å²) >= 11 is 0. The molecule has 0 saturated heterocycles. The molecule has 200 valence electrons. The number of carboxylic acids is 2. The van der Waals surface area contributed by atoms with Gasteiger partial charge in [0.25, 0.3) is 0 Å². The van der Waals surface area contributed by atoms with Gasteiger partial charge in [0.1, 0.15) is 18.1 Å². The molecule has 1 aromatic rings. The fraction of sp³-hybridized carbons (Fsp3) is 0.560. The number of carboxylic acid groups (broad SMARTS) is 2. The third-order valence-electron chi connectivity index (χ3n) is 5.81. The highest BCUT2D eigenvalue weighted by molar-refractivity contribution is 5.94. The first-order chi connectivity index (χ1) is 16.8. The van der Waals surface area contributed by atoms with Crippen LogP contribution in [-0.4, -0.2) is 64.0 Å². The lowest BCUT2D eigenvalue weighted by Gasteiger charge is -2.26. The van der Waals surface area contributed by atoms with Gasteiger partial charge in [-0.15, -0.1) is 0 Å². The van der Waals surface area contributed by atoms with Gasteiger partial charge in [-0.05, 0) is 23.8 Å². The van der Waals surface area contributed by atoms with Crippen LogP contribution in [0.2, 0.25) is 0 Å². The summed E-state index contributed by atoms with van der Waals surface area (Å²) in [5.41, 5.74) is 6.81. The van der Waals surface area contributed by atoms with Gasteiger partial charge < -0.3 is 31.9 Å². The number of hydrogen-bond acceptors (Lipinski definition) is 6. The molecular weight excluding hydrogens is 468 g/mol. The predicted molar refractivity (Wildman–Crippen MR) is 133 cm³/mol. The molecule has 0 aliphatic carbocycles. The Morgan fingerprint density at radius 1 is 0.833 bits per heavy atom. The second-order valence-corrected chi connectivity index (χ2v) is 9.35. The lowest BCUT2D eigenvalue weighted by molar-refractivity contribution is -0.147. The van der Waals surface area contributed by atoms with Crippen molar-refractivity contribution in [2.24, 2.45) is 17.6 Å². The summed E-state index contributed by atoms with van der Waals surface area (Å²) in [4.78, 5) is 61.3. The van der Waals surface area contributed by atoms with Crippen molar-refractivity contribution >= 4 is 29.7 Å². The molecule has 0 heterocycles. The topological polar surface area (TPSA) is 188 Å². The highest BCUT2D eigenvalue weighted by Crippen LogP contribution is 2.10. The zero-order valence-electron chi connectivity index (χ0n) is 21.2. The van der Waals surface area contributed by atoms with Gasteiger partial charge in [-0.3, -0.25) is 19.2 Å². The van der Waals surface area contributed by atoms with Crippen molar-refractivity contribution in [1.29, 1.82) is 0 Å². The van der Waals surface area contributed by atoms with Crippen molar-refractivity contribution in [2.45, 2.75) is 77.5 Å². The summed E-state index contributed by atoms with van der Waals surface area (Å²) < 4.78 is 0. The molecule has 0 aromatic heterocycles. The first-order valence-electron chi connectivity index (χ1n) is 12.0. The van der Waals surface area contributed by atoms with Crippen molar-refractivity contribution in [1.82, 2.24) is 16.0 Å². The molecule has 11 heteroatoms.